The molecule has 0 aromatic heterocycles. The highest BCUT2D eigenvalue weighted by molar-refractivity contribution is 6.05. The van der Waals surface area contributed by atoms with Gasteiger partial charge in [-0.1, -0.05) is 30.4 Å². The smallest absolute Gasteiger partial charge is 0.233 e. The lowest BCUT2D eigenvalue weighted by atomic mass is 9.85. The van der Waals surface area contributed by atoms with Crippen LogP contribution in [-0.4, -0.2) is 16.7 Å². The number of hydrogen-bond acceptors (Lipinski definition) is 3. The zero-order chi connectivity index (χ0) is 14.1. The highest BCUT2D eigenvalue weighted by Gasteiger charge is 2.47. The average Bonchev–Trinajstić information content (AvgIpc) is 2.73. The molecule has 1 aromatic carbocycles. The van der Waals surface area contributed by atoms with Crippen molar-refractivity contribution in [3.8, 4) is 6.07 Å². The molecule has 4 nitrogen and oxygen atoms in total. The molecule has 2 amide bonds. The largest absolute Gasteiger partial charge is 0.278 e. The molecule has 1 aromatic rings. The molecule has 3 rings (SSSR count). The summed E-state index contributed by atoms with van der Waals surface area (Å²) in [6.07, 6.45) is 5.23. The van der Waals surface area contributed by atoms with Crippen LogP contribution in [0.3, 0.4) is 0 Å². The Hall–Kier alpha value is -2.41. The Labute approximate surface area is 117 Å². The number of fused-ring (bicyclic) bond motifs is 1. The molecule has 1 heterocycles. The SMILES string of the molecule is N#Cc1ccccc1CN1C(=O)[C@@H]2CC=CC[C@H]2C1=O. The number of rotatable bonds is 2. The minimum atomic E-state index is -0.207. The lowest BCUT2D eigenvalue weighted by molar-refractivity contribution is -0.140. The number of likely N-dealkylation sites (tertiary alicyclic amines) is 1. The first kappa shape index (κ1) is 12.6. The lowest BCUT2D eigenvalue weighted by Gasteiger charge is -2.15. The molecule has 0 saturated carbocycles. The Balaban J connectivity index is 1.87. The van der Waals surface area contributed by atoms with Crippen LogP contribution < -0.4 is 0 Å². The van der Waals surface area contributed by atoms with E-state index in [9.17, 15) is 9.59 Å². The van der Waals surface area contributed by atoms with E-state index in [-0.39, 0.29) is 30.2 Å². The molecule has 0 unspecified atom stereocenters. The van der Waals surface area contributed by atoms with Crippen molar-refractivity contribution in [1.29, 1.82) is 5.26 Å². The molecule has 1 aliphatic heterocycles. The van der Waals surface area contributed by atoms with Crippen LogP contribution in [-0.2, 0) is 16.1 Å². The van der Waals surface area contributed by atoms with Crippen LogP contribution in [0.5, 0.6) is 0 Å². The van der Waals surface area contributed by atoms with Gasteiger partial charge in [0.25, 0.3) is 0 Å². The topological polar surface area (TPSA) is 61.2 Å². The molecule has 0 radical (unpaired) electrons. The van der Waals surface area contributed by atoms with E-state index in [1.54, 1.807) is 18.2 Å². The van der Waals surface area contributed by atoms with Crippen molar-refractivity contribution in [2.75, 3.05) is 0 Å². The van der Waals surface area contributed by atoms with Crippen LogP contribution in [0.1, 0.15) is 24.0 Å². The van der Waals surface area contributed by atoms with Gasteiger partial charge in [0.15, 0.2) is 0 Å². The fourth-order valence-corrected chi connectivity index (χ4v) is 2.96. The number of hydrogen-bond donors (Lipinski definition) is 0. The van der Waals surface area contributed by atoms with Gasteiger partial charge in [-0.25, -0.2) is 0 Å². The molecule has 1 fully saturated rings. The predicted molar refractivity (Wildman–Crippen MR) is 72.1 cm³/mol. The van der Waals surface area contributed by atoms with Crippen molar-refractivity contribution < 1.29 is 9.59 Å². The number of allylic oxidation sites excluding steroid dienone is 2. The third-order valence-electron chi connectivity index (χ3n) is 4.07. The highest BCUT2D eigenvalue weighted by atomic mass is 16.2. The normalized spacial score (nSPS) is 24.6. The summed E-state index contributed by atoms with van der Waals surface area (Å²) in [6, 6.07) is 9.19. The van der Waals surface area contributed by atoms with Crippen LogP contribution in [0.2, 0.25) is 0 Å². The summed E-state index contributed by atoms with van der Waals surface area (Å²) in [7, 11) is 0. The number of nitrogens with zero attached hydrogens (tertiary/aromatic N) is 2. The molecule has 0 bridgehead atoms. The summed E-state index contributed by atoms with van der Waals surface area (Å²) >= 11 is 0. The molecule has 2 atom stereocenters. The zero-order valence-corrected chi connectivity index (χ0v) is 11.0. The fraction of sp³-hybridized carbons (Fsp3) is 0.312. The van der Waals surface area contributed by atoms with E-state index < -0.39 is 0 Å². The summed E-state index contributed by atoms with van der Waals surface area (Å²) in [4.78, 5) is 26.0. The second kappa shape index (κ2) is 4.93. The van der Waals surface area contributed by atoms with Crippen LogP contribution in [0.4, 0.5) is 0 Å². The average molecular weight is 266 g/mol. The maximum atomic E-state index is 12.3. The minimum absolute atomic E-state index is 0.0999. The molecule has 100 valence electrons. The van der Waals surface area contributed by atoms with E-state index in [4.69, 9.17) is 5.26 Å². The van der Waals surface area contributed by atoms with Crippen molar-refractivity contribution in [2.24, 2.45) is 11.8 Å². The summed E-state index contributed by atoms with van der Waals surface area (Å²) in [5, 5.41) is 9.08. The van der Waals surface area contributed by atoms with E-state index in [2.05, 4.69) is 6.07 Å². The van der Waals surface area contributed by atoms with E-state index in [0.717, 1.165) is 5.56 Å². The third kappa shape index (κ3) is 1.92. The monoisotopic (exact) mass is 266 g/mol. The van der Waals surface area contributed by atoms with E-state index in [0.29, 0.717) is 18.4 Å². The molecule has 0 N–H and O–H groups in total. The van der Waals surface area contributed by atoms with Crippen LogP contribution in [0.25, 0.3) is 0 Å². The maximum absolute atomic E-state index is 12.3. The number of imide groups is 1. The zero-order valence-electron chi connectivity index (χ0n) is 11.0. The van der Waals surface area contributed by atoms with Crippen molar-refractivity contribution in [2.45, 2.75) is 19.4 Å². The Morgan fingerprint density at radius 1 is 1.10 bits per heavy atom. The molecule has 4 heteroatoms. The number of benzene rings is 1. The Kier molecular flexibility index (Phi) is 3.11. The van der Waals surface area contributed by atoms with Gasteiger partial charge >= 0.3 is 0 Å². The predicted octanol–water partition coefficient (Wildman–Crippen LogP) is 2.01. The maximum Gasteiger partial charge on any atom is 0.233 e. The summed E-state index contributed by atoms with van der Waals surface area (Å²) in [6.45, 7) is 0.203. The first-order valence-electron chi connectivity index (χ1n) is 6.70. The molecule has 2 aliphatic rings. The summed E-state index contributed by atoms with van der Waals surface area (Å²) < 4.78 is 0. The summed E-state index contributed by atoms with van der Waals surface area (Å²) in [5.41, 5.74) is 1.24. The van der Waals surface area contributed by atoms with E-state index in [1.165, 1.54) is 4.90 Å². The molecule has 1 aliphatic carbocycles. The van der Waals surface area contributed by atoms with Crippen molar-refractivity contribution in [3.05, 3.63) is 47.5 Å². The number of amides is 2. The number of nitriles is 1. The molecule has 1 saturated heterocycles. The van der Waals surface area contributed by atoms with Crippen molar-refractivity contribution in [1.82, 2.24) is 4.90 Å². The van der Waals surface area contributed by atoms with Crippen LogP contribution >= 0.6 is 0 Å². The standard InChI is InChI=1S/C16H14N2O2/c17-9-11-5-1-2-6-12(11)10-18-15(19)13-7-3-4-8-14(13)16(18)20/h1-6,13-14H,7-8,10H2/t13-,14-/m1/s1. The Morgan fingerprint density at radius 2 is 1.70 bits per heavy atom. The molecule has 20 heavy (non-hydrogen) atoms. The summed E-state index contributed by atoms with van der Waals surface area (Å²) in [5.74, 6) is -0.613. The number of carbonyl (C=O) groups is 2. The molecular weight excluding hydrogens is 252 g/mol. The van der Waals surface area contributed by atoms with Gasteiger partial charge in [0.05, 0.1) is 30.0 Å². The van der Waals surface area contributed by atoms with Gasteiger partial charge in [-0.3, -0.25) is 14.5 Å². The third-order valence-corrected chi connectivity index (χ3v) is 4.07. The van der Waals surface area contributed by atoms with Gasteiger partial charge in [-0.15, -0.1) is 0 Å². The first-order chi connectivity index (χ1) is 9.72. The van der Waals surface area contributed by atoms with E-state index >= 15 is 0 Å². The molecular formula is C16H14N2O2. The van der Waals surface area contributed by atoms with Crippen molar-refractivity contribution in [3.63, 3.8) is 0 Å². The Bertz CT molecular complexity index is 616. The van der Waals surface area contributed by atoms with Crippen LogP contribution in [0.15, 0.2) is 36.4 Å². The van der Waals surface area contributed by atoms with Gasteiger partial charge in [-0.2, -0.15) is 5.26 Å². The highest BCUT2D eigenvalue weighted by Crippen LogP contribution is 2.35. The molecule has 0 spiro atoms. The van der Waals surface area contributed by atoms with Gasteiger partial charge in [-0.05, 0) is 24.5 Å². The Morgan fingerprint density at radius 3 is 2.30 bits per heavy atom. The quantitative estimate of drug-likeness (QED) is 0.607. The van der Waals surface area contributed by atoms with Gasteiger partial charge in [0.1, 0.15) is 0 Å². The lowest BCUT2D eigenvalue weighted by Crippen LogP contribution is -2.30. The second-order valence-corrected chi connectivity index (χ2v) is 5.19. The minimum Gasteiger partial charge on any atom is -0.278 e. The van der Waals surface area contributed by atoms with Crippen molar-refractivity contribution >= 4 is 11.8 Å². The fourth-order valence-electron chi connectivity index (χ4n) is 2.96. The van der Waals surface area contributed by atoms with Crippen LogP contribution in [0, 0.1) is 23.2 Å². The number of carbonyl (C=O) groups excluding carboxylic acids is 2. The second-order valence-electron chi connectivity index (χ2n) is 5.19. The first-order valence-corrected chi connectivity index (χ1v) is 6.70. The van der Waals surface area contributed by atoms with Gasteiger partial charge in [0, 0.05) is 0 Å². The van der Waals surface area contributed by atoms with Gasteiger partial charge in [0.2, 0.25) is 11.8 Å². The van der Waals surface area contributed by atoms with E-state index in [1.807, 2.05) is 18.2 Å². The van der Waals surface area contributed by atoms with Gasteiger partial charge < -0.3 is 0 Å².